The number of benzene rings is 1. The first-order chi connectivity index (χ1) is 7.48. The Balaban J connectivity index is 2.18. The Morgan fingerprint density at radius 2 is 1.75 bits per heavy atom. The van der Waals surface area contributed by atoms with E-state index in [4.69, 9.17) is 5.73 Å². The van der Waals surface area contributed by atoms with Crippen LogP contribution < -0.4 is 10.6 Å². The Labute approximate surface area is 98.4 Å². The summed E-state index contributed by atoms with van der Waals surface area (Å²) >= 11 is 0. The fourth-order valence-electron chi connectivity index (χ4n) is 2.83. The van der Waals surface area contributed by atoms with Gasteiger partial charge in [-0.15, -0.1) is 0 Å². The number of rotatable bonds is 3. The molecular formula is C14H22N2. The highest BCUT2D eigenvalue weighted by Crippen LogP contribution is 2.63. The van der Waals surface area contributed by atoms with E-state index < -0.39 is 0 Å². The van der Waals surface area contributed by atoms with Gasteiger partial charge >= 0.3 is 0 Å². The van der Waals surface area contributed by atoms with Crippen LogP contribution in [0.4, 0.5) is 5.69 Å². The number of anilines is 1. The molecular weight excluding hydrogens is 196 g/mol. The van der Waals surface area contributed by atoms with Crippen molar-refractivity contribution < 1.29 is 0 Å². The van der Waals surface area contributed by atoms with E-state index in [1.807, 2.05) is 0 Å². The molecule has 1 aromatic rings. The highest BCUT2D eigenvalue weighted by molar-refractivity contribution is 5.48. The fourth-order valence-corrected chi connectivity index (χ4v) is 2.83. The number of hydrogen-bond donors (Lipinski definition) is 1. The molecule has 0 bridgehead atoms. The van der Waals surface area contributed by atoms with Crippen molar-refractivity contribution >= 4 is 5.69 Å². The summed E-state index contributed by atoms with van der Waals surface area (Å²) in [4.78, 5) is 2.13. The molecule has 1 aliphatic carbocycles. The van der Waals surface area contributed by atoms with Gasteiger partial charge in [0.1, 0.15) is 0 Å². The minimum absolute atomic E-state index is 0.383. The lowest BCUT2D eigenvalue weighted by Gasteiger charge is -2.13. The number of hydrogen-bond acceptors (Lipinski definition) is 2. The monoisotopic (exact) mass is 218 g/mol. The van der Waals surface area contributed by atoms with Crippen LogP contribution in [0, 0.1) is 11.3 Å². The Morgan fingerprint density at radius 1 is 1.19 bits per heavy atom. The quantitative estimate of drug-likeness (QED) is 0.844. The van der Waals surface area contributed by atoms with E-state index in [-0.39, 0.29) is 0 Å². The molecule has 2 atom stereocenters. The van der Waals surface area contributed by atoms with Crippen molar-refractivity contribution in [2.24, 2.45) is 17.1 Å². The topological polar surface area (TPSA) is 29.3 Å². The molecule has 2 rings (SSSR count). The van der Waals surface area contributed by atoms with Crippen LogP contribution >= 0.6 is 0 Å². The second kappa shape index (κ2) is 3.77. The summed E-state index contributed by atoms with van der Waals surface area (Å²) in [5, 5.41) is 0. The van der Waals surface area contributed by atoms with Gasteiger partial charge in [0.25, 0.3) is 0 Å². The van der Waals surface area contributed by atoms with Crippen LogP contribution in [0.2, 0.25) is 0 Å². The average Bonchev–Trinajstić information content (AvgIpc) is 2.80. The lowest BCUT2D eigenvalue weighted by atomic mass is 10.0. The van der Waals surface area contributed by atoms with Crippen molar-refractivity contribution in [3.63, 3.8) is 0 Å². The highest BCUT2D eigenvalue weighted by Gasteiger charge is 2.56. The predicted octanol–water partition coefficient (Wildman–Crippen LogP) is 2.45. The first-order valence-electron chi connectivity index (χ1n) is 5.96. The normalized spacial score (nSPS) is 26.6. The zero-order valence-electron chi connectivity index (χ0n) is 10.7. The maximum atomic E-state index is 5.81. The van der Waals surface area contributed by atoms with Gasteiger partial charge in [-0.25, -0.2) is 0 Å². The van der Waals surface area contributed by atoms with Crippen molar-refractivity contribution in [3.8, 4) is 0 Å². The number of nitrogens with two attached hydrogens (primary N) is 1. The molecule has 88 valence electrons. The van der Waals surface area contributed by atoms with Crippen molar-refractivity contribution in [1.29, 1.82) is 0 Å². The van der Waals surface area contributed by atoms with Crippen LogP contribution in [0.25, 0.3) is 0 Å². The molecule has 16 heavy (non-hydrogen) atoms. The second-order valence-corrected chi connectivity index (χ2v) is 5.63. The Kier molecular flexibility index (Phi) is 2.70. The Morgan fingerprint density at radius 3 is 2.12 bits per heavy atom. The SMILES string of the molecule is CN(C)c1ccc(C2C(CN)C2(C)C)cc1. The maximum Gasteiger partial charge on any atom is 0.0361 e. The molecule has 0 amide bonds. The minimum Gasteiger partial charge on any atom is -0.378 e. The van der Waals surface area contributed by atoms with Crippen LogP contribution in [0.15, 0.2) is 24.3 Å². The predicted molar refractivity (Wildman–Crippen MR) is 69.8 cm³/mol. The molecule has 0 spiro atoms. The summed E-state index contributed by atoms with van der Waals surface area (Å²) in [6.45, 7) is 5.43. The van der Waals surface area contributed by atoms with Gasteiger partial charge in [0, 0.05) is 19.8 Å². The first-order valence-corrected chi connectivity index (χ1v) is 5.96. The van der Waals surface area contributed by atoms with Crippen LogP contribution in [0.5, 0.6) is 0 Å². The fraction of sp³-hybridized carbons (Fsp3) is 0.571. The van der Waals surface area contributed by atoms with Crippen molar-refractivity contribution in [1.82, 2.24) is 0 Å². The largest absolute Gasteiger partial charge is 0.378 e. The van der Waals surface area contributed by atoms with Gasteiger partial charge < -0.3 is 10.6 Å². The van der Waals surface area contributed by atoms with Crippen molar-refractivity contribution in [2.45, 2.75) is 19.8 Å². The highest BCUT2D eigenvalue weighted by atomic mass is 15.1. The van der Waals surface area contributed by atoms with Gasteiger partial charge in [0.05, 0.1) is 0 Å². The van der Waals surface area contributed by atoms with Gasteiger partial charge in [-0.3, -0.25) is 0 Å². The van der Waals surface area contributed by atoms with Crippen LogP contribution in [-0.2, 0) is 0 Å². The van der Waals surface area contributed by atoms with Crippen molar-refractivity contribution in [3.05, 3.63) is 29.8 Å². The molecule has 0 heterocycles. The summed E-state index contributed by atoms with van der Waals surface area (Å²) in [6.07, 6.45) is 0. The Bertz CT molecular complexity index is 365. The average molecular weight is 218 g/mol. The standard InChI is InChI=1S/C14H22N2/c1-14(2)12(9-15)13(14)10-5-7-11(8-6-10)16(3)4/h5-8,12-13H,9,15H2,1-4H3. The molecule has 0 aliphatic heterocycles. The van der Waals surface area contributed by atoms with Gasteiger partial charge in [-0.1, -0.05) is 26.0 Å². The van der Waals surface area contributed by atoms with Crippen molar-refractivity contribution in [2.75, 3.05) is 25.5 Å². The lowest BCUT2D eigenvalue weighted by molar-refractivity contribution is 0.558. The van der Waals surface area contributed by atoms with Gasteiger partial charge in [0.2, 0.25) is 0 Å². The molecule has 2 heteroatoms. The molecule has 1 aromatic carbocycles. The molecule has 2 nitrogen and oxygen atoms in total. The third-order valence-corrected chi connectivity index (χ3v) is 4.07. The summed E-state index contributed by atoms with van der Waals surface area (Å²) in [7, 11) is 4.14. The summed E-state index contributed by atoms with van der Waals surface area (Å²) < 4.78 is 0. The van der Waals surface area contributed by atoms with Gasteiger partial charge in [0.15, 0.2) is 0 Å². The van der Waals surface area contributed by atoms with E-state index in [2.05, 4.69) is 57.1 Å². The van der Waals surface area contributed by atoms with Gasteiger partial charge in [-0.2, -0.15) is 0 Å². The molecule has 2 unspecified atom stereocenters. The number of nitrogens with zero attached hydrogens (tertiary/aromatic N) is 1. The Hall–Kier alpha value is -1.02. The molecule has 0 aromatic heterocycles. The molecule has 1 fully saturated rings. The lowest BCUT2D eigenvalue weighted by Crippen LogP contribution is -2.08. The van der Waals surface area contributed by atoms with E-state index in [1.54, 1.807) is 0 Å². The second-order valence-electron chi connectivity index (χ2n) is 5.63. The zero-order valence-corrected chi connectivity index (χ0v) is 10.7. The molecule has 1 aliphatic rings. The maximum absolute atomic E-state index is 5.81. The molecule has 1 saturated carbocycles. The van der Waals surface area contributed by atoms with Gasteiger partial charge in [-0.05, 0) is 41.5 Å². The van der Waals surface area contributed by atoms with E-state index in [9.17, 15) is 0 Å². The molecule has 2 N–H and O–H groups in total. The minimum atomic E-state index is 0.383. The van der Waals surface area contributed by atoms with E-state index in [1.165, 1.54) is 11.3 Å². The smallest absolute Gasteiger partial charge is 0.0361 e. The summed E-state index contributed by atoms with van der Waals surface area (Å²) in [5.74, 6) is 1.30. The third kappa shape index (κ3) is 1.71. The van der Waals surface area contributed by atoms with E-state index in [0.29, 0.717) is 17.3 Å². The summed E-state index contributed by atoms with van der Waals surface area (Å²) in [6, 6.07) is 8.88. The zero-order chi connectivity index (χ0) is 11.9. The third-order valence-electron chi connectivity index (χ3n) is 4.07. The van der Waals surface area contributed by atoms with E-state index in [0.717, 1.165) is 6.54 Å². The summed E-state index contributed by atoms with van der Waals surface area (Å²) in [5.41, 5.74) is 8.88. The van der Waals surface area contributed by atoms with E-state index >= 15 is 0 Å². The molecule has 0 radical (unpaired) electrons. The van der Waals surface area contributed by atoms with Crippen LogP contribution in [-0.4, -0.2) is 20.6 Å². The van der Waals surface area contributed by atoms with Crippen LogP contribution in [0.1, 0.15) is 25.3 Å². The first kappa shape index (κ1) is 11.5. The van der Waals surface area contributed by atoms with Crippen LogP contribution in [0.3, 0.4) is 0 Å². The molecule has 0 saturated heterocycles.